The second kappa shape index (κ2) is 3.86. The van der Waals surface area contributed by atoms with Crippen LogP contribution in [0.3, 0.4) is 0 Å². The van der Waals surface area contributed by atoms with Gasteiger partial charge in [-0.05, 0) is 4.73 Å². The molecule has 1 aromatic carbocycles. The van der Waals surface area contributed by atoms with Gasteiger partial charge in [-0.25, -0.2) is 4.73 Å². The Hall–Kier alpha value is -2.01. The van der Waals surface area contributed by atoms with Crippen molar-refractivity contribution >= 4 is 0 Å². The summed E-state index contributed by atoms with van der Waals surface area (Å²) in [7, 11) is 0. The number of benzene rings is 1. The SMILES string of the molecule is Cc1c(-c2ccccc2)n(O)c(CN)[n+]1[O-]. The Labute approximate surface area is 92.9 Å². The molecule has 3 N–H and O–H groups in total. The molecule has 16 heavy (non-hydrogen) atoms. The smallest absolute Gasteiger partial charge is 0.313 e. The first-order valence-electron chi connectivity index (χ1n) is 4.95. The second-order valence-corrected chi connectivity index (χ2v) is 3.53. The van der Waals surface area contributed by atoms with Gasteiger partial charge in [-0.1, -0.05) is 30.3 Å². The van der Waals surface area contributed by atoms with E-state index in [0.29, 0.717) is 16.1 Å². The summed E-state index contributed by atoms with van der Waals surface area (Å²) in [6.45, 7) is 1.65. The van der Waals surface area contributed by atoms with E-state index >= 15 is 0 Å². The van der Waals surface area contributed by atoms with Crippen LogP contribution in [-0.2, 0) is 6.54 Å². The lowest BCUT2D eigenvalue weighted by atomic mass is 10.1. The van der Waals surface area contributed by atoms with Gasteiger partial charge in [0.2, 0.25) is 5.69 Å². The molecule has 1 aromatic heterocycles. The van der Waals surface area contributed by atoms with E-state index in [1.54, 1.807) is 6.92 Å². The lowest BCUT2D eigenvalue weighted by Crippen LogP contribution is -2.34. The molecule has 84 valence electrons. The van der Waals surface area contributed by atoms with E-state index in [1.165, 1.54) is 0 Å². The Bertz CT molecular complexity index is 506. The van der Waals surface area contributed by atoms with Crippen molar-refractivity contribution in [3.8, 4) is 11.3 Å². The average Bonchev–Trinajstić information content (AvgIpc) is 2.51. The van der Waals surface area contributed by atoms with Gasteiger partial charge in [0.05, 0.1) is 0 Å². The molecule has 0 bridgehead atoms. The van der Waals surface area contributed by atoms with E-state index in [1.807, 2.05) is 30.3 Å². The van der Waals surface area contributed by atoms with Crippen LogP contribution in [0, 0.1) is 12.1 Å². The Balaban J connectivity index is 2.67. The lowest BCUT2D eigenvalue weighted by Gasteiger charge is -2.00. The lowest BCUT2D eigenvalue weighted by molar-refractivity contribution is -0.621. The molecule has 0 saturated heterocycles. The van der Waals surface area contributed by atoms with Crippen molar-refractivity contribution in [3.63, 3.8) is 0 Å². The normalized spacial score (nSPS) is 10.6. The van der Waals surface area contributed by atoms with Gasteiger partial charge in [0, 0.05) is 12.5 Å². The standard InChI is InChI=1S/C11H13N3O2/c1-8-11(9-5-3-2-4-6-9)14(16)10(7-12)13(8)15/h2-6,16H,7,12H2,1H3. The third kappa shape index (κ3) is 1.42. The Morgan fingerprint density at radius 3 is 2.50 bits per heavy atom. The predicted octanol–water partition coefficient (Wildman–Crippen LogP) is 0.793. The van der Waals surface area contributed by atoms with Gasteiger partial charge in [-0.15, -0.1) is 0 Å². The van der Waals surface area contributed by atoms with Crippen molar-refractivity contribution < 1.29 is 9.94 Å². The van der Waals surface area contributed by atoms with Crippen molar-refractivity contribution in [2.24, 2.45) is 5.73 Å². The van der Waals surface area contributed by atoms with Crippen LogP contribution in [-0.4, -0.2) is 9.94 Å². The summed E-state index contributed by atoms with van der Waals surface area (Å²) in [5.74, 6) is 0.136. The van der Waals surface area contributed by atoms with Crippen LogP contribution in [0.2, 0.25) is 0 Å². The molecule has 0 atom stereocenters. The fraction of sp³-hybridized carbons (Fsp3) is 0.182. The maximum atomic E-state index is 11.7. The highest BCUT2D eigenvalue weighted by Crippen LogP contribution is 2.21. The highest BCUT2D eigenvalue weighted by molar-refractivity contribution is 5.60. The first-order chi connectivity index (χ1) is 7.66. The van der Waals surface area contributed by atoms with E-state index in [4.69, 9.17) is 5.73 Å². The molecule has 0 aliphatic carbocycles. The van der Waals surface area contributed by atoms with Crippen LogP contribution in [0.25, 0.3) is 11.3 Å². The third-order valence-electron chi connectivity index (χ3n) is 2.57. The number of nitrogens with zero attached hydrogens (tertiary/aromatic N) is 2. The highest BCUT2D eigenvalue weighted by Gasteiger charge is 2.24. The van der Waals surface area contributed by atoms with Crippen molar-refractivity contribution in [1.82, 2.24) is 4.73 Å². The van der Waals surface area contributed by atoms with Crippen LogP contribution in [0.4, 0.5) is 0 Å². The van der Waals surface area contributed by atoms with Crippen LogP contribution >= 0.6 is 0 Å². The minimum atomic E-state index is -0.00628. The zero-order valence-electron chi connectivity index (χ0n) is 8.92. The molecule has 0 amide bonds. The number of rotatable bonds is 2. The van der Waals surface area contributed by atoms with Gasteiger partial charge in [0.15, 0.2) is 5.69 Å². The van der Waals surface area contributed by atoms with Crippen LogP contribution in [0.15, 0.2) is 30.3 Å². The minimum absolute atomic E-state index is 0.00628. The molecule has 0 radical (unpaired) electrons. The van der Waals surface area contributed by atoms with E-state index in [0.717, 1.165) is 10.3 Å². The van der Waals surface area contributed by atoms with Gasteiger partial charge in [-0.2, -0.15) is 0 Å². The van der Waals surface area contributed by atoms with Crippen LogP contribution in [0.5, 0.6) is 0 Å². The van der Waals surface area contributed by atoms with Crippen LogP contribution in [0.1, 0.15) is 11.5 Å². The fourth-order valence-corrected chi connectivity index (χ4v) is 1.75. The summed E-state index contributed by atoms with van der Waals surface area (Å²) < 4.78 is 1.51. The number of nitrogens with two attached hydrogens (primary N) is 1. The Kier molecular flexibility index (Phi) is 2.54. The average molecular weight is 219 g/mol. The topological polar surface area (TPSA) is 78.1 Å². The summed E-state index contributed by atoms with van der Waals surface area (Å²) in [6.07, 6.45) is 0. The highest BCUT2D eigenvalue weighted by atomic mass is 16.5. The molecule has 0 saturated carbocycles. The molecule has 0 fully saturated rings. The number of hydrogen-bond acceptors (Lipinski definition) is 3. The van der Waals surface area contributed by atoms with Crippen LogP contribution < -0.4 is 10.5 Å². The van der Waals surface area contributed by atoms with Gasteiger partial charge >= 0.3 is 5.82 Å². The molecule has 2 aromatic rings. The molecule has 1 heterocycles. The van der Waals surface area contributed by atoms with Crippen molar-refractivity contribution in [1.29, 1.82) is 0 Å². The molecule has 2 rings (SSSR count). The third-order valence-corrected chi connectivity index (χ3v) is 2.57. The van der Waals surface area contributed by atoms with E-state index in [2.05, 4.69) is 0 Å². The summed E-state index contributed by atoms with van der Waals surface area (Å²) in [6, 6.07) is 9.22. The molecule has 0 spiro atoms. The quantitative estimate of drug-likeness (QED) is 0.445. The van der Waals surface area contributed by atoms with Crippen molar-refractivity contribution in [2.45, 2.75) is 13.5 Å². The van der Waals surface area contributed by atoms with Crippen molar-refractivity contribution in [3.05, 3.63) is 47.1 Å². The van der Waals surface area contributed by atoms with E-state index < -0.39 is 0 Å². The van der Waals surface area contributed by atoms with Gasteiger partial charge < -0.3 is 16.1 Å². The first-order valence-corrected chi connectivity index (χ1v) is 4.95. The summed E-state index contributed by atoms with van der Waals surface area (Å²) >= 11 is 0. The number of hydrogen-bond donors (Lipinski definition) is 2. The Morgan fingerprint density at radius 2 is 2.00 bits per heavy atom. The maximum Gasteiger partial charge on any atom is 0.313 e. The molecular weight excluding hydrogens is 206 g/mol. The largest absolute Gasteiger partial charge is 0.710 e. The molecule has 0 aliphatic rings. The predicted molar refractivity (Wildman–Crippen MR) is 58.6 cm³/mol. The summed E-state index contributed by atoms with van der Waals surface area (Å²) in [4.78, 5) is 0. The first kappa shape index (κ1) is 10.5. The molecule has 5 heteroatoms. The zero-order valence-corrected chi connectivity index (χ0v) is 8.92. The second-order valence-electron chi connectivity index (χ2n) is 3.53. The maximum absolute atomic E-state index is 11.7. The minimum Gasteiger partial charge on any atom is -0.710 e. The van der Waals surface area contributed by atoms with E-state index in [-0.39, 0.29) is 12.4 Å². The van der Waals surface area contributed by atoms with E-state index in [9.17, 15) is 10.4 Å². The molecule has 0 unspecified atom stereocenters. The zero-order chi connectivity index (χ0) is 11.7. The molecule has 5 nitrogen and oxygen atoms in total. The summed E-state index contributed by atoms with van der Waals surface area (Å²) in [5.41, 5.74) is 7.12. The number of imidazole rings is 1. The molecular formula is C11H13N3O2. The monoisotopic (exact) mass is 219 g/mol. The number of aromatic nitrogens is 2. The Morgan fingerprint density at radius 1 is 1.38 bits per heavy atom. The van der Waals surface area contributed by atoms with Gasteiger partial charge in [0.1, 0.15) is 6.54 Å². The summed E-state index contributed by atoms with van der Waals surface area (Å²) in [5, 5.41) is 21.5. The van der Waals surface area contributed by atoms with Crippen molar-refractivity contribution in [2.75, 3.05) is 0 Å². The van der Waals surface area contributed by atoms with Gasteiger partial charge in [0.25, 0.3) is 0 Å². The molecule has 0 aliphatic heterocycles. The fourth-order valence-electron chi connectivity index (χ4n) is 1.75. The van der Waals surface area contributed by atoms with Gasteiger partial charge in [-0.3, -0.25) is 0 Å².